The van der Waals surface area contributed by atoms with Gasteiger partial charge in [0.1, 0.15) is 5.75 Å². The van der Waals surface area contributed by atoms with E-state index in [9.17, 15) is 9.59 Å². The number of carbonyl (C=O) groups excluding carboxylic acids is 2. The molecule has 0 aromatic carbocycles. The van der Waals surface area contributed by atoms with E-state index in [-0.39, 0.29) is 24.8 Å². The third-order valence-electron chi connectivity index (χ3n) is 2.45. The van der Waals surface area contributed by atoms with Gasteiger partial charge in [-0.05, 0) is 12.1 Å². The van der Waals surface area contributed by atoms with Crippen LogP contribution in [0.2, 0.25) is 0 Å². The number of hydrogen-bond donors (Lipinski definition) is 1. The van der Waals surface area contributed by atoms with E-state index in [2.05, 4.69) is 10.3 Å². The molecule has 1 aromatic heterocycles. The SMILES string of the molecule is CNC(=O)CN(C)C(=O)Cc1ccc(OC)cn1. The highest BCUT2D eigenvalue weighted by molar-refractivity contribution is 5.85. The monoisotopic (exact) mass is 251 g/mol. The zero-order valence-electron chi connectivity index (χ0n) is 10.8. The van der Waals surface area contributed by atoms with Crippen LogP contribution in [0.3, 0.4) is 0 Å². The molecule has 0 radical (unpaired) electrons. The number of pyridine rings is 1. The molecule has 1 aromatic rings. The molecule has 1 heterocycles. The molecule has 0 aliphatic rings. The van der Waals surface area contributed by atoms with E-state index >= 15 is 0 Å². The van der Waals surface area contributed by atoms with Crippen molar-refractivity contribution in [2.75, 3.05) is 27.7 Å². The number of nitrogens with zero attached hydrogens (tertiary/aromatic N) is 2. The zero-order chi connectivity index (χ0) is 13.5. The molecule has 18 heavy (non-hydrogen) atoms. The van der Waals surface area contributed by atoms with Crippen LogP contribution in [0.5, 0.6) is 5.75 Å². The van der Waals surface area contributed by atoms with E-state index in [4.69, 9.17) is 4.74 Å². The van der Waals surface area contributed by atoms with Crippen LogP contribution in [0.4, 0.5) is 0 Å². The van der Waals surface area contributed by atoms with Gasteiger partial charge in [-0.15, -0.1) is 0 Å². The van der Waals surface area contributed by atoms with Crippen LogP contribution < -0.4 is 10.1 Å². The van der Waals surface area contributed by atoms with Crippen molar-refractivity contribution in [3.8, 4) is 5.75 Å². The fraction of sp³-hybridized carbons (Fsp3) is 0.417. The summed E-state index contributed by atoms with van der Waals surface area (Å²) in [6, 6.07) is 3.47. The molecule has 0 fully saturated rings. The molecule has 1 rings (SSSR count). The Hall–Kier alpha value is -2.11. The summed E-state index contributed by atoms with van der Waals surface area (Å²) in [6.45, 7) is 0.0471. The normalized spacial score (nSPS) is 9.72. The van der Waals surface area contributed by atoms with Crippen LogP contribution in [0, 0.1) is 0 Å². The summed E-state index contributed by atoms with van der Waals surface area (Å²) in [5.74, 6) is 0.287. The van der Waals surface area contributed by atoms with Gasteiger partial charge < -0.3 is 15.0 Å². The van der Waals surface area contributed by atoms with E-state index in [1.165, 1.54) is 11.9 Å². The van der Waals surface area contributed by atoms with Crippen LogP contribution in [0.1, 0.15) is 5.69 Å². The summed E-state index contributed by atoms with van der Waals surface area (Å²) in [6.07, 6.45) is 1.72. The fourth-order valence-corrected chi connectivity index (χ4v) is 1.31. The highest BCUT2D eigenvalue weighted by Crippen LogP contribution is 2.08. The fourth-order valence-electron chi connectivity index (χ4n) is 1.31. The Morgan fingerprint density at radius 2 is 2.17 bits per heavy atom. The van der Waals surface area contributed by atoms with Gasteiger partial charge in [0.2, 0.25) is 11.8 Å². The first-order valence-corrected chi connectivity index (χ1v) is 5.50. The third-order valence-corrected chi connectivity index (χ3v) is 2.45. The van der Waals surface area contributed by atoms with Gasteiger partial charge in [0.15, 0.2) is 0 Å². The number of ether oxygens (including phenoxy) is 1. The van der Waals surface area contributed by atoms with Crippen molar-refractivity contribution in [3.63, 3.8) is 0 Å². The molecule has 0 aliphatic heterocycles. The molecular formula is C12H17N3O3. The smallest absolute Gasteiger partial charge is 0.239 e. The second-order valence-corrected chi connectivity index (χ2v) is 3.79. The van der Waals surface area contributed by atoms with Gasteiger partial charge in [-0.1, -0.05) is 0 Å². The van der Waals surface area contributed by atoms with Crippen molar-refractivity contribution in [3.05, 3.63) is 24.0 Å². The molecule has 0 unspecified atom stereocenters. The Morgan fingerprint density at radius 1 is 1.44 bits per heavy atom. The minimum absolute atomic E-state index is 0.0471. The van der Waals surface area contributed by atoms with Crippen molar-refractivity contribution in [1.82, 2.24) is 15.2 Å². The molecular weight excluding hydrogens is 234 g/mol. The lowest BCUT2D eigenvalue weighted by Crippen LogP contribution is -2.37. The van der Waals surface area contributed by atoms with E-state index in [1.54, 1.807) is 32.5 Å². The largest absolute Gasteiger partial charge is 0.495 e. The molecule has 0 saturated heterocycles. The van der Waals surface area contributed by atoms with Crippen molar-refractivity contribution < 1.29 is 14.3 Å². The molecule has 98 valence electrons. The summed E-state index contributed by atoms with van der Waals surface area (Å²) in [5.41, 5.74) is 0.643. The lowest BCUT2D eigenvalue weighted by molar-refractivity contribution is -0.134. The Labute approximate surface area is 106 Å². The molecule has 6 heteroatoms. The lowest BCUT2D eigenvalue weighted by Gasteiger charge is -2.15. The molecule has 0 aliphatic carbocycles. The number of rotatable bonds is 5. The highest BCUT2D eigenvalue weighted by Gasteiger charge is 2.13. The van der Waals surface area contributed by atoms with Crippen molar-refractivity contribution in [2.24, 2.45) is 0 Å². The summed E-state index contributed by atoms with van der Waals surface area (Å²) >= 11 is 0. The topological polar surface area (TPSA) is 71.5 Å². The number of methoxy groups -OCH3 is 1. The average molecular weight is 251 g/mol. The van der Waals surface area contributed by atoms with Crippen molar-refractivity contribution >= 4 is 11.8 Å². The number of likely N-dealkylation sites (N-methyl/N-ethyl adjacent to an activating group) is 2. The molecule has 0 spiro atoms. The second-order valence-electron chi connectivity index (χ2n) is 3.79. The van der Waals surface area contributed by atoms with Gasteiger partial charge in [-0.2, -0.15) is 0 Å². The van der Waals surface area contributed by atoms with Crippen LogP contribution in [-0.4, -0.2) is 49.4 Å². The predicted octanol–water partition coefficient (Wildman–Crippen LogP) is -0.163. The minimum Gasteiger partial charge on any atom is -0.495 e. The Morgan fingerprint density at radius 3 is 2.67 bits per heavy atom. The molecule has 0 bridgehead atoms. The first-order chi connectivity index (χ1) is 8.56. The summed E-state index contributed by atoms with van der Waals surface area (Å²) in [5, 5.41) is 2.46. The average Bonchev–Trinajstić information content (AvgIpc) is 2.39. The summed E-state index contributed by atoms with van der Waals surface area (Å²) in [7, 11) is 4.67. The summed E-state index contributed by atoms with van der Waals surface area (Å²) in [4.78, 5) is 28.4. The standard InChI is InChI=1S/C12H17N3O3/c1-13-11(16)8-15(2)12(17)6-9-4-5-10(18-3)7-14-9/h4-5,7H,6,8H2,1-3H3,(H,13,16). The van der Waals surface area contributed by atoms with Crippen LogP contribution in [-0.2, 0) is 16.0 Å². The van der Waals surface area contributed by atoms with Crippen LogP contribution in [0.15, 0.2) is 18.3 Å². The van der Waals surface area contributed by atoms with E-state index in [0.717, 1.165) is 0 Å². The number of hydrogen-bond acceptors (Lipinski definition) is 4. The maximum atomic E-state index is 11.8. The highest BCUT2D eigenvalue weighted by atomic mass is 16.5. The van der Waals surface area contributed by atoms with Gasteiger partial charge in [0.25, 0.3) is 0 Å². The van der Waals surface area contributed by atoms with Gasteiger partial charge >= 0.3 is 0 Å². The lowest BCUT2D eigenvalue weighted by atomic mass is 10.2. The number of amides is 2. The molecule has 6 nitrogen and oxygen atoms in total. The van der Waals surface area contributed by atoms with Crippen LogP contribution >= 0.6 is 0 Å². The van der Waals surface area contributed by atoms with Crippen molar-refractivity contribution in [1.29, 1.82) is 0 Å². The summed E-state index contributed by atoms with van der Waals surface area (Å²) < 4.78 is 4.98. The first kappa shape index (κ1) is 14.0. The quantitative estimate of drug-likeness (QED) is 0.789. The Kier molecular flexibility index (Phi) is 5.10. The number of carbonyl (C=O) groups is 2. The molecule has 1 N–H and O–H groups in total. The maximum absolute atomic E-state index is 11.8. The van der Waals surface area contributed by atoms with Gasteiger partial charge in [0, 0.05) is 19.8 Å². The minimum atomic E-state index is -0.200. The number of aromatic nitrogens is 1. The van der Waals surface area contributed by atoms with E-state index in [1.807, 2.05) is 0 Å². The van der Waals surface area contributed by atoms with Gasteiger partial charge in [-0.3, -0.25) is 14.6 Å². The van der Waals surface area contributed by atoms with Crippen molar-refractivity contribution in [2.45, 2.75) is 6.42 Å². The van der Waals surface area contributed by atoms with Crippen LogP contribution in [0.25, 0.3) is 0 Å². The van der Waals surface area contributed by atoms with Gasteiger partial charge in [-0.25, -0.2) is 0 Å². The second kappa shape index (κ2) is 6.58. The molecule has 2 amide bonds. The number of nitrogens with one attached hydrogen (secondary N) is 1. The predicted molar refractivity (Wildman–Crippen MR) is 66.2 cm³/mol. The molecule has 0 saturated carbocycles. The Balaban J connectivity index is 2.55. The third kappa shape index (κ3) is 4.04. The van der Waals surface area contributed by atoms with Gasteiger partial charge in [0.05, 0.1) is 26.3 Å². The molecule has 0 atom stereocenters. The van der Waals surface area contributed by atoms with E-state index < -0.39 is 0 Å². The van der Waals surface area contributed by atoms with E-state index in [0.29, 0.717) is 11.4 Å². The Bertz CT molecular complexity index is 417. The first-order valence-electron chi connectivity index (χ1n) is 5.50. The zero-order valence-corrected chi connectivity index (χ0v) is 10.8. The maximum Gasteiger partial charge on any atom is 0.239 e.